The molecular weight excluding hydrogens is 385 g/mol. The number of hydrogen-bond acceptors (Lipinski definition) is 4. The van der Waals surface area contributed by atoms with E-state index in [9.17, 15) is 5.11 Å². The number of aliphatic hydroxyl groups excluding tert-OH is 1. The molecule has 0 bridgehead atoms. The molecule has 0 aliphatic rings. The lowest BCUT2D eigenvalue weighted by molar-refractivity contribution is 0.204. The Bertz CT molecular complexity index is 630. The van der Waals surface area contributed by atoms with Crippen molar-refractivity contribution >= 4 is 24.8 Å². The number of hydrogen-bond donors (Lipinski definition) is 3. The van der Waals surface area contributed by atoms with Crippen molar-refractivity contribution in [2.75, 3.05) is 13.2 Å². The van der Waals surface area contributed by atoms with Gasteiger partial charge >= 0.3 is 0 Å². The summed E-state index contributed by atoms with van der Waals surface area (Å²) in [5.74, 6) is 1.46. The van der Waals surface area contributed by atoms with E-state index < -0.39 is 5.54 Å². The third kappa shape index (κ3) is 8.09. The predicted molar refractivity (Wildman–Crippen MR) is 116 cm³/mol. The third-order valence-electron chi connectivity index (χ3n) is 4.38. The molecule has 0 saturated heterocycles. The van der Waals surface area contributed by atoms with Gasteiger partial charge in [0.15, 0.2) is 0 Å². The first-order chi connectivity index (χ1) is 12.1. The molecule has 0 unspecified atom stereocenters. The molecule has 0 aliphatic heterocycles. The Kier molecular flexibility index (Phi) is 12.4. The van der Waals surface area contributed by atoms with Crippen molar-refractivity contribution in [1.29, 1.82) is 0 Å². The van der Waals surface area contributed by atoms with Gasteiger partial charge in [0.05, 0.1) is 30.6 Å². The second kappa shape index (κ2) is 13.0. The summed E-state index contributed by atoms with van der Waals surface area (Å²) < 4.78 is 5.80. The van der Waals surface area contributed by atoms with Gasteiger partial charge in [-0.15, -0.1) is 24.8 Å². The van der Waals surface area contributed by atoms with Crippen LogP contribution in [-0.2, 0) is 5.54 Å². The number of benzene rings is 1. The highest BCUT2D eigenvalue weighted by Crippen LogP contribution is 2.23. The van der Waals surface area contributed by atoms with Gasteiger partial charge in [0.2, 0.25) is 0 Å². The average Bonchev–Trinajstić information content (AvgIpc) is 3.12. The fourth-order valence-corrected chi connectivity index (χ4v) is 2.64. The Hall–Kier alpha value is -1.27. The van der Waals surface area contributed by atoms with Gasteiger partial charge in [-0.1, -0.05) is 39.0 Å². The number of unbranched alkanes of at least 4 members (excludes halogenated alkanes) is 5. The number of nitrogens with zero attached hydrogens (tertiary/aromatic N) is 1. The van der Waals surface area contributed by atoms with Gasteiger partial charge in [-0.2, -0.15) is 0 Å². The van der Waals surface area contributed by atoms with E-state index in [0.29, 0.717) is 5.82 Å². The van der Waals surface area contributed by atoms with E-state index in [2.05, 4.69) is 16.9 Å². The summed E-state index contributed by atoms with van der Waals surface area (Å²) in [5.41, 5.74) is 7.02. The number of nitrogens with two attached hydrogens (primary N) is 1. The first kappa shape index (κ1) is 25.7. The number of halogens is 2. The number of aromatic nitrogens is 2. The number of H-pyrrole nitrogens is 1. The van der Waals surface area contributed by atoms with Crippen molar-refractivity contribution in [3.8, 4) is 17.0 Å². The largest absolute Gasteiger partial charge is 0.494 e. The molecule has 0 radical (unpaired) electrons. The highest BCUT2D eigenvalue weighted by molar-refractivity contribution is 5.85. The smallest absolute Gasteiger partial charge is 0.128 e. The molecule has 2 rings (SSSR count). The van der Waals surface area contributed by atoms with E-state index in [0.717, 1.165) is 30.0 Å². The van der Waals surface area contributed by atoms with Gasteiger partial charge < -0.3 is 20.6 Å². The van der Waals surface area contributed by atoms with E-state index in [1.807, 2.05) is 24.3 Å². The summed E-state index contributed by atoms with van der Waals surface area (Å²) in [6.07, 6.45) is 9.32. The minimum Gasteiger partial charge on any atom is -0.494 e. The van der Waals surface area contributed by atoms with Crippen LogP contribution in [0.2, 0.25) is 0 Å². The minimum atomic E-state index is -0.863. The van der Waals surface area contributed by atoms with Gasteiger partial charge in [0.1, 0.15) is 11.6 Å². The molecule has 154 valence electrons. The van der Waals surface area contributed by atoms with Crippen LogP contribution in [-0.4, -0.2) is 28.3 Å². The molecule has 0 amide bonds. The molecule has 0 aliphatic carbocycles. The summed E-state index contributed by atoms with van der Waals surface area (Å²) in [5, 5.41) is 9.33. The molecule has 7 heteroatoms. The highest BCUT2D eigenvalue weighted by atomic mass is 35.5. The molecule has 0 saturated carbocycles. The molecule has 2 aromatic rings. The van der Waals surface area contributed by atoms with Gasteiger partial charge in [-0.05, 0) is 43.2 Å². The summed E-state index contributed by atoms with van der Waals surface area (Å²) in [6, 6.07) is 7.95. The Morgan fingerprint density at radius 2 is 1.70 bits per heavy atom. The van der Waals surface area contributed by atoms with Gasteiger partial charge in [0, 0.05) is 0 Å². The van der Waals surface area contributed by atoms with Crippen LogP contribution in [0.3, 0.4) is 0 Å². The average molecular weight is 418 g/mol. The Morgan fingerprint density at radius 3 is 2.33 bits per heavy atom. The topological polar surface area (TPSA) is 84.2 Å². The summed E-state index contributed by atoms with van der Waals surface area (Å²) in [7, 11) is 0. The molecule has 27 heavy (non-hydrogen) atoms. The van der Waals surface area contributed by atoms with E-state index >= 15 is 0 Å². The third-order valence-corrected chi connectivity index (χ3v) is 4.38. The van der Waals surface area contributed by atoms with Crippen molar-refractivity contribution in [1.82, 2.24) is 9.97 Å². The second-order valence-electron chi connectivity index (χ2n) is 6.86. The van der Waals surface area contributed by atoms with Crippen LogP contribution in [0.1, 0.15) is 58.2 Å². The molecule has 1 heterocycles. The maximum atomic E-state index is 9.33. The normalized spacial score (nSPS) is 12.6. The van der Waals surface area contributed by atoms with Crippen LogP contribution in [0.4, 0.5) is 0 Å². The fraction of sp³-hybridized carbons (Fsp3) is 0.550. The van der Waals surface area contributed by atoms with E-state index in [1.165, 1.54) is 32.1 Å². The predicted octanol–water partition coefficient (Wildman–Crippen LogP) is 4.83. The number of aromatic amines is 1. The second-order valence-corrected chi connectivity index (χ2v) is 6.86. The molecule has 1 aromatic carbocycles. The summed E-state index contributed by atoms with van der Waals surface area (Å²) >= 11 is 0. The first-order valence-electron chi connectivity index (χ1n) is 9.25. The molecule has 1 atom stereocenters. The Labute approximate surface area is 174 Å². The van der Waals surface area contributed by atoms with Gasteiger partial charge in [-0.3, -0.25) is 0 Å². The number of imidazole rings is 1. The highest BCUT2D eigenvalue weighted by Gasteiger charge is 2.23. The van der Waals surface area contributed by atoms with Crippen molar-refractivity contribution in [2.24, 2.45) is 5.73 Å². The van der Waals surface area contributed by atoms with Crippen LogP contribution in [0.5, 0.6) is 5.75 Å². The summed E-state index contributed by atoms with van der Waals surface area (Å²) in [6.45, 7) is 4.58. The van der Waals surface area contributed by atoms with E-state index in [-0.39, 0.29) is 31.4 Å². The van der Waals surface area contributed by atoms with Crippen LogP contribution < -0.4 is 10.5 Å². The Balaban J connectivity index is 0.00000338. The van der Waals surface area contributed by atoms with Crippen molar-refractivity contribution < 1.29 is 9.84 Å². The zero-order chi connectivity index (χ0) is 18.1. The number of rotatable bonds is 11. The maximum absolute atomic E-state index is 9.33. The van der Waals surface area contributed by atoms with E-state index in [4.69, 9.17) is 10.5 Å². The van der Waals surface area contributed by atoms with Crippen LogP contribution >= 0.6 is 24.8 Å². The number of aliphatic hydroxyl groups is 1. The quantitative estimate of drug-likeness (QED) is 0.457. The van der Waals surface area contributed by atoms with Crippen molar-refractivity contribution in [3.05, 3.63) is 36.3 Å². The SMILES string of the molecule is CCCCCCCCOc1ccc(-c2cnc([C@@](C)(N)CO)[nH]2)cc1.Cl.Cl. The lowest BCUT2D eigenvalue weighted by Crippen LogP contribution is -2.38. The van der Waals surface area contributed by atoms with Crippen molar-refractivity contribution in [3.63, 3.8) is 0 Å². The molecule has 0 spiro atoms. The molecular formula is C20H33Cl2N3O2. The van der Waals surface area contributed by atoms with Crippen LogP contribution in [0, 0.1) is 0 Å². The van der Waals surface area contributed by atoms with Crippen molar-refractivity contribution in [2.45, 2.75) is 57.9 Å². The fourth-order valence-electron chi connectivity index (χ4n) is 2.64. The van der Waals surface area contributed by atoms with Crippen LogP contribution in [0.25, 0.3) is 11.3 Å². The standard InChI is InChI=1S/C20H31N3O2.2ClH/c1-3-4-5-6-7-8-13-25-17-11-9-16(10-12-17)18-14-22-19(23-18)20(2,21)15-24;;/h9-12,14,24H,3-8,13,15,21H2,1-2H3,(H,22,23);2*1H/t20-;;/m0../s1. The zero-order valence-electron chi connectivity index (χ0n) is 16.2. The lowest BCUT2D eigenvalue weighted by Gasteiger charge is -2.18. The molecule has 0 fully saturated rings. The minimum absolute atomic E-state index is 0. The molecule has 4 N–H and O–H groups in total. The number of nitrogens with one attached hydrogen (secondary N) is 1. The van der Waals surface area contributed by atoms with Crippen LogP contribution in [0.15, 0.2) is 30.5 Å². The Morgan fingerprint density at radius 1 is 1.07 bits per heavy atom. The molecule has 5 nitrogen and oxygen atoms in total. The van der Waals surface area contributed by atoms with Gasteiger partial charge in [-0.25, -0.2) is 4.98 Å². The summed E-state index contributed by atoms with van der Waals surface area (Å²) in [4.78, 5) is 7.46. The maximum Gasteiger partial charge on any atom is 0.128 e. The first-order valence-corrected chi connectivity index (χ1v) is 9.25. The number of ether oxygens (including phenoxy) is 1. The zero-order valence-corrected chi connectivity index (χ0v) is 17.9. The van der Waals surface area contributed by atoms with E-state index in [1.54, 1.807) is 13.1 Å². The lowest BCUT2D eigenvalue weighted by atomic mass is 10.1. The molecule has 1 aromatic heterocycles. The monoisotopic (exact) mass is 417 g/mol. The van der Waals surface area contributed by atoms with Gasteiger partial charge in [0.25, 0.3) is 0 Å².